The molecule has 4 rings (SSSR count). The highest BCUT2D eigenvalue weighted by molar-refractivity contribution is 6.14. The number of carbonyl (C=O) groups is 2. The molecule has 0 unspecified atom stereocenters. The summed E-state index contributed by atoms with van der Waals surface area (Å²) in [4.78, 5) is 44.0. The van der Waals surface area contributed by atoms with Crippen molar-refractivity contribution in [3.05, 3.63) is 59.2 Å². The van der Waals surface area contributed by atoms with Gasteiger partial charge in [-0.2, -0.15) is 0 Å². The Morgan fingerprint density at radius 2 is 0.939 bits per heavy atom. The number of aryl methyl sites for hydroxylation is 4. The van der Waals surface area contributed by atoms with E-state index in [0.717, 1.165) is 33.8 Å². The van der Waals surface area contributed by atoms with Crippen molar-refractivity contribution in [2.45, 2.75) is 41.5 Å². The molecule has 8 heteroatoms. The van der Waals surface area contributed by atoms with Crippen LogP contribution in [-0.4, -0.2) is 31.8 Å². The number of carbonyl (C=O) groups excluding carboxylic acids is 2. The first-order valence-electron chi connectivity index (χ1n) is 10.7. The van der Waals surface area contributed by atoms with Crippen LogP contribution in [0.25, 0.3) is 22.1 Å². The first-order chi connectivity index (χ1) is 15.5. The van der Waals surface area contributed by atoms with Crippen molar-refractivity contribution < 1.29 is 9.59 Å². The Bertz CT molecular complexity index is 1320. The Morgan fingerprint density at radius 3 is 1.30 bits per heavy atom. The molecule has 0 fully saturated rings. The quantitative estimate of drug-likeness (QED) is 0.453. The van der Waals surface area contributed by atoms with Gasteiger partial charge in [-0.3, -0.25) is 9.59 Å². The number of hydrogen-bond donors (Lipinski definition) is 2. The second kappa shape index (κ2) is 8.20. The first kappa shape index (κ1) is 22.3. The number of aromatic nitrogens is 4. The van der Waals surface area contributed by atoms with Crippen molar-refractivity contribution in [3.8, 4) is 0 Å². The molecule has 4 aromatic rings. The summed E-state index contributed by atoms with van der Waals surface area (Å²) in [5.41, 5.74) is 6.03. The summed E-state index contributed by atoms with van der Waals surface area (Å²) in [6, 6.07) is 10.6. The molecule has 2 aromatic carbocycles. The molecule has 0 bridgehead atoms. The van der Waals surface area contributed by atoms with Crippen molar-refractivity contribution >= 4 is 45.3 Å². The van der Waals surface area contributed by atoms with Gasteiger partial charge in [-0.05, 0) is 77.9 Å². The van der Waals surface area contributed by atoms with Gasteiger partial charge >= 0.3 is 0 Å². The molecule has 0 radical (unpaired) electrons. The highest BCUT2D eigenvalue weighted by Crippen LogP contribution is 2.25. The molecule has 2 heterocycles. The highest BCUT2D eigenvalue weighted by Gasteiger charge is 2.36. The maximum Gasteiger partial charge on any atom is 0.239 e. The smallest absolute Gasteiger partial charge is 0.239 e. The maximum atomic E-state index is 13.0. The van der Waals surface area contributed by atoms with Gasteiger partial charge in [0, 0.05) is 11.4 Å². The van der Waals surface area contributed by atoms with Crippen molar-refractivity contribution in [2.75, 3.05) is 10.6 Å². The summed E-state index contributed by atoms with van der Waals surface area (Å²) in [6.45, 7) is 10.8. The van der Waals surface area contributed by atoms with Gasteiger partial charge in [0.2, 0.25) is 11.8 Å². The zero-order valence-corrected chi connectivity index (χ0v) is 19.6. The Hall–Kier alpha value is -3.94. The van der Waals surface area contributed by atoms with E-state index < -0.39 is 17.2 Å². The highest BCUT2D eigenvalue weighted by atomic mass is 16.2. The van der Waals surface area contributed by atoms with Gasteiger partial charge in [-0.25, -0.2) is 19.9 Å². The second-order valence-corrected chi connectivity index (χ2v) is 8.73. The van der Waals surface area contributed by atoms with Gasteiger partial charge in [-0.15, -0.1) is 0 Å². The van der Waals surface area contributed by atoms with Crippen LogP contribution in [0.15, 0.2) is 36.4 Å². The van der Waals surface area contributed by atoms with Gasteiger partial charge in [0.1, 0.15) is 5.41 Å². The van der Waals surface area contributed by atoms with Crippen LogP contribution in [0.5, 0.6) is 0 Å². The average molecular weight is 443 g/mol. The van der Waals surface area contributed by atoms with Crippen LogP contribution in [0.3, 0.4) is 0 Å². The third kappa shape index (κ3) is 4.37. The van der Waals surface area contributed by atoms with Gasteiger partial charge in [0.25, 0.3) is 0 Å². The monoisotopic (exact) mass is 442 g/mol. The van der Waals surface area contributed by atoms with Crippen LogP contribution in [0.4, 0.5) is 11.4 Å². The molecule has 33 heavy (non-hydrogen) atoms. The summed E-state index contributed by atoms with van der Waals surface area (Å²) in [6.07, 6.45) is 0. The second-order valence-electron chi connectivity index (χ2n) is 8.73. The molecular weight excluding hydrogens is 416 g/mol. The van der Waals surface area contributed by atoms with E-state index in [9.17, 15) is 9.59 Å². The third-order valence-corrected chi connectivity index (χ3v) is 5.80. The summed E-state index contributed by atoms with van der Waals surface area (Å²) in [7, 11) is 0. The number of nitrogens with zero attached hydrogens (tertiary/aromatic N) is 4. The SMILES string of the molecule is Cc1nc2ccc(NC(=O)C(C)(C)C(=O)Nc3ccc4nc(C)c(C)nc4c3)cc2nc1C. The predicted octanol–water partition coefficient (Wildman–Crippen LogP) is 4.41. The predicted molar refractivity (Wildman–Crippen MR) is 129 cm³/mol. The molecule has 0 aliphatic heterocycles. The molecule has 0 spiro atoms. The zero-order valence-electron chi connectivity index (χ0n) is 19.6. The molecule has 2 aromatic heterocycles. The lowest BCUT2D eigenvalue weighted by Gasteiger charge is -2.23. The molecule has 8 nitrogen and oxygen atoms in total. The lowest BCUT2D eigenvalue weighted by Crippen LogP contribution is -2.41. The Morgan fingerprint density at radius 1 is 0.606 bits per heavy atom. The van der Waals surface area contributed by atoms with Crippen LogP contribution in [0, 0.1) is 33.1 Å². The summed E-state index contributed by atoms with van der Waals surface area (Å²) < 4.78 is 0. The molecule has 0 saturated carbocycles. The molecule has 0 aliphatic carbocycles. The van der Waals surface area contributed by atoms with E-state index in [4.69, 9.17) is 0 Å². The van der Waals surface area contributed by atoms with Gasteiger partial charge < -0.3 is 10.6 Å². The van der Waals surface area contributed by atoms with Crippen LogP contribution in [0.1, 0.15) is 36.6 Å². The number of fused-ring (bicyclic) bond motifs is 2. The molecule has 168 valence electrons. The molecule has 2 N–H and O–H groups in total. The van der Waals surface area contributed by atoms with Gasteiger partial charge in [0.15, 0.2) is 0 Å². The summed E-state index contributed by atoms with van der Waals surface area (Å²) in [5.74, 6) is -0.855. The van der Waals surface area contributed by atoms with Gasteiger partial charge in [0.05, 0.1) is 44.8 Å². The molecular formula is C25H26N6O2. The number of benzene rings is 2. The average Bonchev–Trinajstić information content (AvgIpc) is 2.75. The fourth-order valence-electron chi connectivity index (χ4n) is 3.29. The van der Waals surface area contributed by atoms with Crippen LogP contribution < -0.4 is 10.6 Å². The van der Waals surface area contributed by atoms with Crippen molar-refractivity contribution in [3.63, 3.8) is 0 Å². The minimum Gasteiger partial charge on any atom is -0.325 e. The summed E-state index contributed by atoms with van der Waals surface area (Å²) in [5, 5.41) is 5.66. The molecule has 0 atom stereocenters. The van der Waals surface area contributed by atoms with Crippen LogP contribution in [0.2, 0.25) is 0 Å². The lowest BCUT2D eigenvalue weighted by atomic mass is 9.90. The third-order valence-electron chi connectivity index (χ3n) is 5.80. The lowest BCUT2D eigenvalue weighted by molar-refractivity contribution is -0.135. The zero-order chi connectivity index (χ0) is 23.9. The van der Waals surface area contributed by atoms with E-state index in [1.165, 1.54) is 0 Å². The minimum atomic E-state index is -1.33. The number of rotatable bonds is 4. The molecule has 2 amide bonds. The summed E-state index contributed by atoms with van der Waals surface area (Å²) >= 11 is 0. The Kier molecular flexibility index (Phi) is 5.53. The van der Waals surface area contributed by atoms with E-state index in [0.29, 0.717) is 22.4 Å². The van der Waals surface area contributed by atoms with E-state index >= 15 is 0 Å². The topological polar surface area (TPSA) is 110 Å². The number of anilines is 2. The van der Waals surface area contributed by atoms with Gasteiger partial charge in [-0.1, -0.05) is 0 Å². The van der Waals surface area contributed by atoms with Crippen LogP contribution >= 0.6 is 0 Å². The normalized spacial score (nSPS) is 11.6. The fourth-order valence-corrected chi connectivity index (χ4v) is 3.29. The Labute approximate surface area is 191 Å². The number of amides is 2. The van der Waals surface area contributed by atoms with Crippen molar-refractivity contribution in [2.24, 2.45) is 5.41 Å². The number of hydrogen-bond acceptors (Lipinski definition) is 6. The van der Waals surface area contributed by atoms with Crippen LogP contribution in [-0.2, 0) is 9.59 Å². The fraction of sp³-hybridized carbons (Fsp3) is 0.280. The van der Waals surface area contributed by atoms with Crippen molar-refractivity contribution in [1.29, 1.82) is 0 Å². The Balaban J connectivity index is 1.52. The minimum absolute atomic E-state index is 0.428. The van der Waals surface area contributed by atoms with E-state index in [-0.39, 0.29) is 0 Å². The number of nitrogens with one attached hydrogen (secondary N) is 2. The maximum absolute atomic E-state index is 13.0. The van der Waals surface area contributed by atoms with E-state index in [1.54, 1.807) is 50.2 Å². The van der Waals surface area contributed by atoms with E-state index in [2.05, 4.69) is 30.6 Å². The van der Waals surface area contributed by atoms with Crippen molar-refractivity contribution in [1.82, 2.24) is 19.9 Å². The largest absolute Gasteiger partial charge is 0.325 e. The standard InChI is InChI=1S/C25H26N6O2/c1-13-15(3)28-21-11-17(7-9-19(21)26-13)30-23(32)25(5,6)24(33)31-18-8-10-20-22(12-18)29-16(4)14(2)27-20/h7-12H,1-6H3,(H,30,32)(H,31,33). The van der Waals surface area contributed by atoms with E-state index in [1.807, 2.05) is 27.7 Å². The molecule has 0 saturated heterocycles. The molecule has 0 aliphatic rings. The first-order valence-corrected chi connectivity index (χ1v) is 10.7.